The van der Waals surface area contributed by atoms with Gasteiger partial charge in [0, 0.05) is 25.7 Å². The van der Waals surface area contributed by atoms with Gasteiger partial charge in [0.2, 0.25) is 10.0 Å². The maximum atomic E-state index is 12.3. The number of rotatable bonds is 6. The van der Waals surface area contributed by atoms with Crippen LogP contribution in [0, 0.1) is 11.8 Å². The molecule has 1 heterocycles. The van der Waals surface area contributed by atoms with Gasteiger partial charge in [-0.25, -0.2) is 17.9 Å². The van der Waals surface area contributed by atoms with E-state index in [1.54, 1.807) is 0 Å². The summed E-state index contributed by atoms with van der Waals surface area (Å²) in [5.41, 5.74) is 0. The molecule has 0 aromatic heterocycles. The highest BCUT2D eigenvalue weighted by molar-refractivity contribution is 7.89. The Kier molecular flexibility index (Phi) is 5.46. The first-order chi connectivity index (χ1) is 11.1. The van der Waals surface area contributed by atoms with E-state index in [4.69, 9.17) is 0 Å². The number of nitrogens with zero attached hydrogens (tertiary/aromatic N) is 1. The van der Waals surface area contributed by atoms with Gasteiger partial charge in [0.15, 0.2) is 0 Å². The number of fused-ring (bicyclic) bond motifs is 1. The van der Waals surface area contributed by atoms with Gasteiger partial charge in [-0.2, -0.15) is 0 Å². The minimum Gasteiger partial charge on any atom is -0.337 e. The Labute approximate surface area is 139 Å². The molecule has 3 fully saturated rings. The van der Waals surface area contributed by atoms with E-state index in [2.05, 4.69) is 10.0 Å². The molecule has 2 atom stereocenters. The van der Waals surface area contributed by atoms with Gasteiger partial charge in [0.05, 0.1) is 5.75 Å². The van der Waals surface area contributed by atoms with Crippen LogP contribution in [-0.4, -0.2) is 50.8 Å². The van der Waals surface area contributed by atoms with Gasteiger partial charge in [0.25, 0.3) is 0 Å². The van der Waals surface area contributed by atoms with Crippen molar-refractivity contribution in [2.24, 2.45) is 11.8 Å². The summed E-state index contributed by atoms with van der Waals surface area (Å²) in [5.74, 6) is 1.13. The zero-order chi connectivity index (χ0) is 16.3. The van der Waals surface area contributed by atoms with Gasteiger partial charge >= 0.3 is 6.03 Å². The Bertz CT molecular complexity index is 519. The Morgan fingerprint density at radius 3 is 2.57 bits per heavy atom. The van der Waals surface area contributed by atoms with Crippen molar-refractivity contribution in [1.29, 1.82) is 0 Å². The third-order valence-corrected chi connectivity index (χ3v) is 7.08. The molecule has 0 aromatic rings. The van der Waals surface area contributed by atoms with Crippen molar-refractivity contribution in [3.63, 3.8) is 0 Å². The van der Waals surface area contributed by atoms with E-state index in [1.807, 2.05) is 4.90 Å². The minimum absolute atomic E-state index is 0.0343. The molecular weight excluding hydrogens is 314 g/mol. The van der Waals surface area contributed by atoms with Gasteiger partial charge in [-0.15, -0.1) is 0 Å². The molecule has 7 heteroatoms. The summed E-state index contributed by atoms with van der Waals surface area (Å²) in [6.45, 7) is 1.55. The van der Waals surface area contributed by atoms with Gasteiger partial charge in [-0.1, -0.05) is 19.3 Å². The normalized spacial score (nSPS) is 28.3. The number of hydrogen-bond donors (Lipinski definition) is 2. The van der Waals surface area contributed by atoms with Gasteiger partial charge < -0.3 is 10.2 Å². The number of carbonyl (C=O) groups is 1. The van der Waals surface area contributed by atoms with Crippen LogP contribution in [0.5, 0.6) is 0 Å². The monoisotopic (exact) mass is 343 g/mol. The number of amides is 2. The molecule has 1 aliphatic heterocycles. The maximum absolute atomic E-state index is 12.3. The quantitative estimate of drug-likeness (QED) is 0.770. The molecule has 2 N–H and O–H groups in total. The molecule has 2 saturated carbocycles. The lowest BCUT2D eigenvalue weighted by Crippen LogP contribution is -2.46. The summed E-state index contributed by atoms with van der Waals surface area (Å²) in [5, 5.41) is 2.80. The van der Waals surface area contributed by atoms with Gasteiger partial charge in [-0.3, -0.25) is 0 Å². The van der Waals surface area contributed by atoms with E-state index in [-0.39, 0.29) is 18.3 Å². The zero-order valence-electron chi connectivity index (χ0n) is 13.8. The van der Waals surface area contributed by atoms with E-state index in [0.717, 1.165) is 32.2 Å². The number of sulfonamides is 1. The van der Waals surface area contributed by atoms with Crippen molar-refractivity contribution < 1.29 is 13.2 Å². The molecule has 3 aliphatic rings. The molecule has 3 rings (SSSR count). The van der Waals surface area contributed by atoms with Crippen molar-refractivity contribution in [3.8, 4) is 0 Å². The van der Waals surface area contributed by atoms with Crippen molar-refractivity contribution in [3.05, 3.63) is 0 Å². The number of nitrogens with one attached hydrogen (secondary N) is 2. The van der Waals surface area contributed by atoms with Crippen LogP contribution in [0.3, 0.4) is 0 Å². The predicted molar refractivity (Wildman–Crippen MR) is 89.6 cm³/mol. The van der Waals surface area contributed by atoms with Crippen molar-refractivity contribution in [2.75, 3.05) is 25.4 Å². The van der Waals surface area contributed by atoms with E-state index >= 15 is 0 Å². The van der Waals surface area contributed by atoms with E-state index in [9.17, 15) is 13.2 Å². The summed E-state index contributed by atoms with van der Waals surface area (Å²) in [6, 6.07) is 0.283. The van der Waals surface area contributed by atoms with Crippen LogP contribution < -0.4 is 10.0 Å². The highest BCUT2D eigenvalue weighted by Crippen LogP contribution is 2.35. The molecule has 132 valence electrons. The number of urea groups is 1. The van der Waals surface area contributed by atoms with Crippen LogP contribution in [-0.2, 0) is 10.0 Å². The summed E-state index contributed by atoms with van der Waals surface area (Å²) in [7, 11) is -3.28. The first-order valence-corrected chi connectivity index (χ1v) is 10.7. The Balaban J connectivity index is 1.38. The molecule has 23 heavy (non-hydrogen) atoms. The zero-order valence-corrected chi connectivity index (χ0v) is 14.6. The van der Waals surface area contributed by atoms with E-state index < -0.39 is 10.0 Å². The van der Waals surface area contributed by atoms with Crippen LogP contribution in [0.4, 0.5) is 4.79 Å². The van der Waals surface area contributed by atoms with Crippen molar-refractivity contribution >= 4 is 16.1 Å². The number of likely N-dealkylation sites (tertiary alicyclic amines) is 1. The van der Waals surface area contributed by atoms with E-state index in [0.29, 0.717) is 24.4 Å². The van der Waals surface area contributed by atoms with Crippen LogP contribution in [0.25, 0.3) is 0 Å². The lowest BCUT2D eigenvalue weighted by Gasteiger charge is -2.31. The summed E-state index contributed by atoms with van der Waals surface area (Å²) in [6.07, 6.45) is 9.35. The Morgan fingerprint density at radius 1 is 1.04 bits per heavy atom. The van der Waals surface area contributed by atoms with Crippen molar-refractivity contribution in [2.45, 2.75) is 57.4 Å². The molecule has 0 aromatic carbocycles. The number of hydrogen-bond acceptors (Lipinski definition) is 3. The lowest BCUT2D eigenvalue weighted by molar-refractivity contribution is 0.170. The second kappa shape index (κ2) is 7.38. The highest BCUT2D eigenvalue weighted by Gasteiger charge is 2.38. The highest BCUT2D eigenvalue weighted by atomic mass is 32.2. The standard InChI is InChI=1S/C16H29N3O3S/c20-16(19-10-8-14-6-1-2-7-15(14)19)17-9-11-23(21,22)18-12-13-4-3-5-13/h13-15,18H,1-12H2,(H,17,20)/t14-,15-/m1/s1. The first kappa shape index (κ1) is 17.0. The summed E-state index contributed by atoms with van der Waals surface area (Å²) >= 11 is 0. The van der Waals surface area contributed by atoms with Crippen LogP contribution in [0.1, 0.15) is 51.4 Å². The molecule has 0 radical (unpaired) electrons. The van der Waals surface area contributed by atoms with Crippen LogP contribution in [0.2, 0.25) is 0 Å². The first-order valence-electron chi connectivity index (χ1n) is 9.07. The van der Waals surface area contributed by atoms with Crippen molar-refractivity contribution in [1.82, 2.24) is 14.9 Å². The predicted octanol–water partition coefficient (Wildman–Crippen LogP) is 1.68. The summed E-state index contributed by atoms with van der Waals surface area (Å²) in [4.78, 5) is 14.2. The fourth-order valence-electron chi connectivity index (χ4n) is 4.07. The third kappa shape index (κ3) is 4.38. The molecule has 2 aliphatic carbocycles. The van der Waals surface area contributed by atoms with Crippen LogP contribution in [0.15, 0.2) is 0 Å². The number of carbonyl (C=O) groups excluding carboxylic acids is 1. The van der Waals surface area contributed by atoms with Gasteiger partial charge in [0.1, 0.15) is 0 Å². The molecule has 0 spiro atoms. The van der Waals surface area contributed by atoms with Gasteiger partial charge in [-0.05, 0) is 43.9 Å². The smallest absolute Gasteiger partial charge is 0.317 e. The van der Waals surface area contributed by atoms with E-state index in [1.165, 1.54) is 25.7 Å². The Hall–Kier alpha value is -0.820. The Morgan fingerprint density at radius 2 is 1.83 bits per heavy atom. The largest absolute Gasteiger partial charge is 0.337 e. The second-order valence-electron chi connectivity index (χ2n) is 7.29. The lowest BCUT2D eigenvalue weighted by atomic mass is 9.85. The fraction of sp³-hybridized carbons (Fsp3) is 0.938. The SMILES string of the molecule is O=C(NCCS(=O)(=O)NCC1CCC1)N1CC[C@H]2CCCC[C@H]21. The second-order valence-corrected chi connectivity index (χ2v) is 9.22. The molecule has 6 nitrogen and oxygen atoms in total. The summed E-state index contributed by atoms with van der Waals surface area (Å²) < 4.78 is 26.5. The molecule has 1 saturated heterocycles. The average Bonchev–Trinajstić information content (AvgIpc) is 2.89. The molecule has 0 unspecified atom stereocenters. The average molecular weight is 343 g/mol. The molecule has 2 amide bonds. The topological polar surface area (TPSA) is 78.5 Å². The van der Waals surface area contributed by atoms with Crippen LogP contribution >= 0.6 is 0 Å². The molecular formula is C16H29N3O3S. The fourth-order valence-corrected chi connectivity index (χ4v) is 5.07. The maximum Gasteiger partial charge on any atom is 0.317 e. The minimum atomic E-state index is -3.28. The molecule has 0 bridgehead atoms. The third-order valence-electron chi connectivity index (χ3n) is 5.73.